The summed E-state index contributed by atoms with van der Waals surface area (Å²) in [6.45, 7) is 2.55. The van der Waals surface area contributed by atoms with Crippen LogP contribution < -0.4 is 5.32 Å². The van der Waals surface area contributed by atoms with Gasteiger partial charge in [-0.3, -0.25) is 4.79 Å². The summed E-state index contributed by atoms with van der Waals surface area (Å²) >= 11 is 0. The van der Waals surface area contributed by atoms with Crippen LogP contribution in [0.25, 0.3) is 0 Å². The molecule has 0 amide bonds. The molecule has 1 fully saturated rings. The van der Waals surface area contributed by atoms with Gasteiger partial charge in [-0.05, 0) is 31.4 Å². The topological polar surface area (TPSA) is 49.3 Å². The van der Waals surface area contributed by atoms with Crippen LogP contribution in [-0.4, -0.2) is 17.6 Å². The first-order valence-electron chi connectivity index (χ1n) is 5.17. The number of aliphatic carboxylic acids is 1. The summed E-state index contributed by atoms with van der Waals surface area (Å²) in [5, 5.41) is 12.2. The van der Waals surface area contributed by atoms with Crippen LogP contribution in [0, 0.1) is 12.3 Å². The Morgan fingerprint density at radius 1 is 1.47 bits per heavy atom. The molecule has 80 valence electrons. The Balaban J connectivity index is 2.00. The molecule has 0 spiro atoms. The molecule has 1 aliphatic carbocycles. The van der Waals surface area contributed by atoms with Gasteiger partial charge in [-0.2, -0.15) is 0 Å². The Hall–Kier alpha value is -1.51. The van der Waals surface area contributed by atoms with Gasteiger partial charge in [0.15, 0.2) is 0 Å². The number of hydrogen-bond donors (Lipinski definition) is 2. The first-order chi connectivity index (χ1) is 7.14. The summed E-state index contributed by atoms with van der Waals surface area (Å²) in [5.41, 5.74) is 1.69. The van der Waals surface area contributed by atoms with Gasteiger partial charge in [0.05, 0.1) is 5.41 Å². The summed E-state index contributed by atoms with van der Waals surface area (Å²) in [6.07, 6.45) is 1.59. The van der Waals surface area contributed by atoms with E-state index in [0.29, 0.717) is 6.54 Å². The summed E-state index contributed by atoms with van der Waals surface area (Å²) in [7, 11) is 0. The van der Waals surface area contributed by atoms with Crippen molar-refractivity contribution in [3.63, 3.8) is 0 Å². The first kappa shape index (κ1) is 10.0. The monoisotopic (exact) mass is 205 g/mol. The van der Waals surface area contributed by atoms with E-state index in [0.717, 1.165) is 24.1 Å². The molecule has 3 heteroatoms. The molecule has 2 N–H and O–H groups in total. The van der Waals surface area contributed by atoms with E-state index in [9.17, 15) is 4.79 Å². The zero-order valence-corrected chi connectivity index (χ0v) is 8.79. The summed E-state index contributed by atoms with van der Waals surface area (Å²) in [6, 6.07) is 7.93. The lowest BCUT2D eigenvalue weighted by Crippen LogP contribution is -2.24. The van der Waals surface area contributed by atoms with Crippen molar-refractivity contribution < 1.29 is 9.90 Å². The van der Waals surface area contributed by atoms with E-state index < -0.39 is 11.4 Å². The van der Waals surface area contributed by atoms with Crippen LogP contribution in [0.4, 0.5) is 5.69 Å². The molecule has 0 bridgehead atoms. The highest BCUT2D eigenvalue weighted by atomic mass is 16.4. The molecule has 15 heavy (non-hydrogen) atoms. The second-order valence-electron chi connectivity index (χ2n) is 4.25. The number of carboxylic acids is 1. The average molecular weight is 205 g/mol. The fourth-order valence-electron chi connectivity index (χ4n) is 1.65. The third-order valence-corrected chi connectivity index (χ3v) is 3.07. The van der Waals surface area contributed by atoms with Crippen molar-refractivity contribution in [2.45, 2.75) is 19.8 Å². The van der Waals surface area contributed by atoms with Crippen molar-refractivity contribution in [1.82, 2.24) is 0 Å². The fourth-order valence-corrected chi connectivity index (χ4v) is 1.65. The fraction of sp³-hybridized carbons (Fsp3) is 0.417. The zero-order chi connectivity index (χ0) is 10.9. The highest BCUT2D eigenvalue weighted by Crippen LogP contribution is 2.45. The largest absolute Gasteiger partial charge is 0.481 e. The van der Waals surface area contributed by atoms with Crippen LogP contribution in [-0.2, 0) is 4.79 Å². The summed E-state index contributed by atoms with van der Waals surface area (Å²) < 4.78 is 0. The highest BCUT2D eigenvalue weighted by Gasteiger charge is 2.49. The SMILES string of the molecule is Cc1ccccc1NCC1(C(=O)O)CC1. The van der Waals surface area contributed by atoms with Gasteiger partial charge in [0.25, 0.3) is 0 Å². The van der Waals surface area contributed by atoms with Gasteiger partial charge in [-0.1, -0.05) is 18.2 Å². The maximum atomic E-state index is 10.9. The van der Waals surface area contributed by atoms with E-state index in [1.807, 2.05) is 31.2 Å². The number of hydrogen-bond acceptors (Lipinski definition) is 2. The Kier molecular flexibility index (Phi) is 2.39. The molecule has 1 aromatic rings. The lowest BCUT2D eigenvalue weighted by Gasteiger charge is -2.13. The molecule has 0 radical (unpaired) electrons. The van der Waals surface area contributed by atoms with Crippen molar-refractivity contribution in [3.8, 4) is 0 Å². The van der Waals surface area contributed by atoms with E-state index in [-0.39, 0.29) is 0 Å². The predicted octanol–water partition coefficient (Wildman–Crippen LogP) is 2.27. The normalized spacial score (nSPS) is 17.1. The second-order valence-corrected chi connectivity index (χ2v) is 4.25. The van der Waals surface area contributed by atoms with Crippen molar-refractivity contribution in [3.05, 3.63) is 29.8 Å². The number of anilines is 1. The lowest BCUT2D eigenvalue weighted by atomic mass is 10.1. The Morgan fingerprint density at radius 3 is 2.67 bits per heavy atom. The molecule has 3 nitrogen and oxygen atoms in total. The number of carboxylic acid groups (broad SMARTS) is 1. The molecular formula is C12H15NO2. The van der Waals surface area contributed by atoms with E-state index in [1.54, 1.807) is 0 Å². The van der Waals surface area contributed by atoms with E-state index in [4.69, 9.17) is 5.11 Å². The van der Waals surface area contributed by atoms with Crippen molar-refractivity contribution in [2.24, 2.45) is 5.41 Å². The van der Waals surface area contributed by atoms with Crippen LogP contribution in [0.5, 0.6) is 0 Å². The Bertz CT molecular complexity index is 383. The van der Waals surface area contributed by atoms with Crippen LogP contribution in [0.2, 0.25) is 0 Å². The third kappa shape index (κ3) is 1.96. The first-order valence-corrected chi connectivity index (χ1v) is 5.17. The maximum Gasteiger partial charge on any atom is 0.311 e. The van der Waals surface area contributed by atoms with Crippen LogP contribution in [0.15, 0.2) is 24.3 Å². The van der Waals surface area contributed by atoms with Gasteiger partial charge >= 0.3 is 5.97 Å². The maximum absolute atomic E-state index is 10.9. The lowest BCUT2D eigenvalue weighted by molar-refractivity contribution is -0.142. The van der Waals surface area contributed by atoms with Crippen molar-refractivity contribution in [1.29, 1.82) is 0 Å². The van der Waals surface area contributed by atoms with Gasteiger partial charge in [0.2, 0.25) is 0 Å². The average Bonchev–Trinajstić information content (AvgIpc) is 2.98. The predicted molar refractivity (Wildman–Crippen MR) is 59.0 cm³/mol. The molecule has 1 saturated carbocycles. The van der Waals surface area contributed by atoms with Crippen LogP contribution >= 0.6 is 0 Å². The number of benzene rings is 1. The van der Waals surface area contributed by atoms with Crippen LogP contribution in [0.3, 0.4) is 0 Å². The van der Waals surface area contributed by atoms with E-state index in [2.05, 4.69) is 5.32 Å². The standard InChI is InChI=1S/C12H15NO2/c1-9-4-2-3-5-10(9)13-8-12(6-7-12)11(14)15/h2-5,13H,6-8H2,1H3,(H,14,15). The minimum Gasteiger partial charge on any atom is -0.481 e. The summed E-state index contributed by atoms with van der Waals surface area (Å²) in [4.78, 5) is 10.9. The van der Waals surface area contributed by atoms with Gasteiger partial charge in [-0.25, -0.2) is 0 Å². The summed E-state index contributed by atoms with van der Waals surface area (Å²) in [5.74, 6) is -0.677. The van der Waals surface area contributed by atoms with Gasteiger partial charge in [0.1, 0.15) is 0 Å². The third-order valence-electron chi connectivity index (χ3n) is 3.07. The molecule has 0 atom stereocenters. The zero-order valence-electron chi connectivity index (χ0n) is 8.79. The minimum absolute atomic E-state index is 0.498. The van der Waals surface area contributed by atoms with E-state index >= 15 is 0 Å². The molecule has 1 aliphatic rings. The molecular weight excluding hydrogens is 190 g/mol. The number of nitrogens with one attached hydrogen (secondary N) is 1. The number of para-hydroxylation sites is 1. The molecule has 0 aliphatic heterocycles. The second kappa shape index (κ2) is 3.57. The molecule has 0 aromatic heterocycles. The van der Waals surface area contributed by atoms with E-state index in [1.165, 1.54) is 0 Å². The molecule has 0 unspecified atom stereocenters. The molecule has 0 saturated heterocycles. The van der Waals surface area contributed by atoms with Gasteiger partial charge in [-0.15, -0.1) is 0 Å². The van der Waals surface area contributed by atoms with Crippen molar-refractivity contribution >= 4 is 11.7 Å². The molecule has 0 heterocycles. The quantitative estimate of drug-likeness (QED) is 0.792. The highest BCUT2D eigenvalue weighted by molar-refractivity contribution is 5.78. The van der Waals surface area contributed by atoms with Gasteiger partial charge in [0, 0.05) is 12.2 Å². The molecule has 2 rings (SSSR count). The number of rotatable bonds is 4. The van der Waals surface area contributed by atoms with Crippen molar-refractivity contribution in [2.75, 3.05) is 11.9 Å². The van der Waals surface area contributed by atoms with Crippen LogP contribution in [0.1, 0.15) is 18.4 Å². The Labute approximate surface area is 89.1 Å². The number of aryl methyl sites for hydroxylation is 1. The molecule has 1 aromatic carbocycles. The Morgan fingerprint density at radius 2 is 2.13 bits per heavy atom. The smallest absolute Gasteiger partial charge is 0.311 e. The van der Waals surface area contributed by atoms with Gasteiger partial charge < -0.3 is 10.4 Å². The minimum atomic E-state index is -0.677. The number of carbonyl (C=O) groups is 1.